The van der Waals surface area contributed by atoms with Crippen molar-refractivity contribution in [3.05, 3.63) is 18.3 Å². The lowest BCUT2D eigenvalue weighted by Gasteiger charge is -2.33. The third kappa shape index (κ3) is 5.45. The lowest BCUT2D eigenvalue weighted by Crippen LogP contribution is -2.45. The first-order valence-corrected chi connectivity index (χ1v) is 10.9. The molecule has 3 N–H and O–H groups in total. The topological polar surface area (TPSA) is 137 Å². The number of amides is 1. The van der Waals surface area contributed by atoms with Gasteiger partial charge in [-0.3, -0.25) is 9.78 Å². The van der Waals surface area contributed by atoms with Crippen molar-refractivity contribution in [1.29, 1.82) is 0 Å². The molecule has 0 bridgehead atoms. The van der Waals surface area contributed by atoms with Gasteiger partial charge in [-0.15, -0.1) is 0 Å². The van der Waals surface area contributed by atoms with E-state index in [1.165, 1.54) is 0 Å². The lowest BCUT2D eigenvalue weighted by atomic mass is 10.0. The van der Waals surface area contributed by atoms with Crippen LogP contribution in [0.5, 0.6) is 11.5 Å². The average Bonchev–Trinajstić information content (AvgIpc) is 2.71. The molecule has 1 amide bonds. The van der Waals surface area contributed by atoms with Crippen LogP contribution in [0.3, 0.4) is 0 Å². The predicted octanol–water partition coefficient (Wildman–Crippen LogP) is 0.411. The summed E-state index contributed by atoms with van der Waals surface area (Å²) >= 11 is 0. The third-order valence-electron chi connectivity index (χ3n) is 4.83. The van der Waals surface area contributed by atoms with E-state index in [2.05, 4.69) is 20.2 Å². The first kappa shape index (κ1) is 21.1. The minimum Gasteiger partial charge on any atom is -0.493 e. The molecule has 158 valence electrons. The Morgan fingerprint density at radius 2 is 1.83 bits per heavy atom. The SMILES string of the molecule is COc1cc2ncc(N3CCC(NC(=O)CCS(N)(=O)=O)CC3)nc2cc1OC. The maximum Gasteiger partial charge on any atom is 0.221 e. The van der Waals surface area contributed by atoms with Crippen LogP contribution in [-0.4, -0.2) is 63.4 Å². The zero-order valence-corrected chi connectivity index (χ0v) is 17.2. The molecule has 0 saturated carbocycles. The molecule has 0 atom stereocenters. The van der Waals surface area contributed by atoms with Crippen molar-refractivity contribution in [1.82, 2.24) is 15.3 Å². The Labute approximate surface area is 169 Å². The van der Waals surface area contributed by atoms with Crippen LogP contribution in [0.1, 0.15) is 19.3 Å². The van der Waals surface area contributed by atoms with Gasteiger partial charge >= 0.3 is 0 Å². The third-order valence-corrected chi connectivity index (χ3v) is 5.61. The van der Waals surface area contributed by atoms with Crippen LogP contribution in [-0.2, 0) is 14.8 Å². The number of carbonyl (C=O) groups excluding carboxylic acids is 1. The van der Waals surface area contributed by atoms with E-state index in [1.54, 1.807) is 32.5 Å². The molecule has 2 heterocycles. The van der Waals surface area contributed by atoms with Crippen LogP contribution in [0.15, 0.2) is 18.3 Å². The number of piperidine rings is 1. The van der Waals surface area contributed by atoms with E-state index >= 15 is 0 Å². The number of anilines is 1. The molecule has 29 heavy (non-hydrogen) atoms. The standard InChI is InChI=1S/C18H25N5O5S/c1-27-15-9-13-14(10-16(15)28-2)22-17(11-20-13)23-6-3-12(4-7-23)21-18(24)5-8-29(19,25)26/h9-12H,3-8H2,1-2H3,(H,21,24)(H2,19,25,26). The van der Waals surface area contributed by atoms with Gasteiger partial charge in [-0.1, -0.05) is 0 Å². The maximum absolute atomic E-state index is 11.9. The van der Waals surface area contributed by atoms with Crippen molar-refractivity contribution >= 4 is 32.8 Å². The number of benzene rings is 1. The van der Waals surface area contributed by atoms with Gasteiger partial charge in [0.25, 0.3) is 0 Å². The number of sulfonamides is 1. The molecule has 1 saturated heterocycles. The van der Waals surface area contributed by atoms with Gasteiger partial charge in [0.2, 0.25) is 15.9 Å². The summed E-state index contributed by atoms with van der Waals surface area (Å²) < 4.78 is 32.5. The number of hydrogen-bond acceptors (Lipinski definition) is 8. The number of nitrogens with zero attached hydrogens (tertiary/aromatic N) is 3. The van der Waals surface area contributed by atoms with Gasteiger partial charge in [-0.05, 0) is 12.8 Å². The smallest absolute Gasteiger partial charge is 0.221 e. The fourth-order valence-electron chi connectivity index (χ4n) is 3.27. The molecule has 0 unspecified atom stereocenters. The van der Waals surface area contributed by atoms with Gasteiger partial charge in [0.05, 0.1) is 37.2 Å². The minimum atomic E-state index is -3.63. The number of methoxy groups -OCH3 is 2. The van der Waals surface area contributed by atoms with Crippen molar-refractivity contribution in [2.24, 2.45) is 5.14 Å². The van der Waals surface area contributed by atoms with Gasteiger partial charge in [0.1, 0.15) is 5.82 Å². The summed E-state index contributed by atoms with van der Waals surface area (Å²) in [5.41, 5.74) is 1.42. The largest absolute Gasteiger partial charge is 0.493 e. The molecule has 11 heteroatoms. The molecule has 2 aromatic rings. The summed E-state index contributed by atoms with van der Waals surface area (Å²) in [7, 11) is -0.488. The molecule has 1 aromatic heterocycles. The van der Waals surface area contributed by atoms with Crippen LogP contribution < -0.4 is 24.8 Å². The molecule has 3 rings (SSSR count). The first-order valence-electron chi connectivity index (χ1n) is 9.22. The normalized spacial score (nSPS) is 15.3. The Kier molecular flexibility index (Phi) is 6.38. The minimum absolute atomic E-state index is 0.00278. The van der Waals surface area contributed by atoms with Crippen molar-refractivity contribution in [2.75, 3.05) is 38.0 Å². The molecule has 10 nitrogen and oxygen atoms in total. The number of rotatable bonds is 7. The van der Waals surface area contributed by atoms with Gasteiger partial charge in [-0.25, -0.2) is 18.5 Å². The molecule has 1 fully saturated rings. The number of ether oxygens (including phenoxy) is 2. The van der Waals surface area contributed by atoms with Gasteiger partial charge in [0, 0.05) is 37.7 Å². The highest BCUT2D eigenvalue weighted by molar-refractivity contribution is 7.89. The molecule has 0 aliphatic carbocycles. The summed E-state index contributed by atoms with van der Waals surface area (Å²) in [6.07, 6.45) is 3.05. The number of fused-ring (bicyclic) bond motifs is 1. The van der Waals surface area contributed by atoms with E-state index in [-0.39, 0.29) is 24.1 Å². The van der Waals surface area contributed by atoms with Crippen LogP contribution in [0.4, 0.5) is 5.82 Å². The Bertz CT molecular complexity index is 990. The van der Waals surface area contributed by atoms with Crippen LogP contribution in [0.2, 0.25) is 0 Å². The Hall–Kier alpha value is -2.66. The molecular formula is C18H25N5O5S. The average molecular weight is 423 g/mol. The molecule has 1 aliphatic heterocycles. The molecule has 0 spiro atoms. The highest BCUT2D eigenvalue weighted by Crippen LogP contribution is 2.31. The van der Waals surface area contributed by atoms with Crippen LogP contribution in [0.25, 0.3) is 11.0 Å². The van der Waals surface area contributed by atoms with Crippen molar-refractivity contribution in [3.8, 4) is 11.5 Å². The maximum atomic E-state index is 11.9. The predicted molar refractivity (Wildman–Crippen MR) is 109 cm³/mol. The number of primary sulfonamides is 1. The lowest BCUT2D eigenvalue weighted by molar-refractivity contribution is -0.121. The van der Waals surface area contributed by atoms with Crippen LogP contribution in [0, 0.1) is 0 Å². The monoisotopic (exact) mass is 423 g/mol. The molecule has 0 radical (unpaired) electrons. The zero-order chi connectivity index (χ0) is 21.0. The quantitative estimate of drug-likeness (QED) is 0.653. The number of nitrogens with two attached hydrogens (primary N) is 1. The summed E-state index contributed by atoms with van der Waals surface area (Å²) in [6, 6.07) is 3.58. The van der Waals surface area contributed by atoms with Gasteiger partial charge in [0.15, 0.2) is 11.5 Å². The Morgan fingerprint density at radius 3 is 2.41 bits per heavy atom. The molecular weight excluding hydrogens is 398 g/mol. The Morgan fingerprint density at radius 1 is 1.21 bits per heavy atom. The fourth-order valence-corrected chi connectivity index (χ4v) is 3.74. The molecule has 1 aromatic carbocycles. The second-order valence-corrected chi connectivity index (χ2v) is 8.60. The van der Waals surface area contributed by atoms with Crippen LogP contribution >= 0.6 is 0 Å². The van der Waals surface area contributed by atoms with E-state index < -0.39 is 10.0 Å². The van der Waals surface area contributed by atoms with E-state index in [0.717, 1.165) is 18.7 Å². The summed E-state index contributed by atoms with van der Waals surface area (Å²) in [5, 5.41) is 7.80. The first-order chi connectivity index (χ1) is 13.8. The van der Waals surface area contributed by atoms with Crippen molar-refractivity contribution < 1.29 is 22.7 Å². The van der Waals surface area contributed by atoms with E-state index in [9.17, 15) is 13.2 Å². The van der Waals surface area contributed by atoms with Gasteiger partial charge < -0.3 is 19.7 Å². The van der Waals surface area contributed by atoms with Gasteiger partial charge in [-0.2, -0.15) is 0 Å². The Balaban J connectivity index is 1.61. The second-order valence-electron chi connectivity index (χ2n) is 6.87. The fraction of sp³-hybridized carbons (Fsp3) is 0.500. The second kappa shape index (κ2) is 8.78. The zero-order valence-electron chi connectivity index (χ0n) is 16.4. The number of hydrogen-bond donors (Lipinski definition) is 2. The summed E-state index contributed by atoms with van der Waals surface area (Å²) in [6.45, 7) is 1.40. The number of carbonyl (C=O) groups is 1. The molecule has 1 aliphatic rings. The highest BCUT2D eigenvalue weighted by atomic mass is 32.2. The summed E-state index contributed by atoms with van der Waals surface area (Å²) in [5.74, 6) is 1.29. The van der Waals surface area contributed by atoms with E-state index in [4.69, 9.17) is 14.6 Å². The van der Waals surface area contributed by atoms with Crippen molar-refractivity contribution in [2.45, 2.75) is 25.3 Å². The van der Waals surface area contributed by atoms with E-state index in [1.807, 2.05) is 0 Å². The van der Waals surface area contributed by atoms with E-state index in [0.29, 0.717) is 35.6 Å². The number of aromatic nitrogens is 2. The number of nitrogens with one attached hydrogen (secondary N) is 1. The summed E-state index contributed by atoms with van der Waals surface area (Å²) in [4.78, 5) is 23.1. The van der Waals surface area contributed by atoms with Crippen molar-refractivity contribution in [3.63, 3.8) is 0 Å². The highest BCUT2D eigenvalue weighted by Gasteiger charge is 2.22.